The minimum atomic E-state index is -0.612. The van der Waals surface area contributed by atoms with Crippen molar-refractivity contribution in [1.29, 1.82) is 0 Å². The molecule has 8 N–H and O–H groups in total. The molecule has 0 aliphatic heterocycles. The van der Waals surface area contributed by atoms with Crippen molar-refractivity contribution in [3.8, 4) is 22.9 Å². The van der Waals surface area contributed by atoms with Crippen molar-refractivity contribution in [2.45, 2.75) is 19.4 Å². The zero-order valence-corrected chi connectivity index (χ0v) is 21.7. The highest BCUT2D eigenvalue weighted by Crippen LogP contribution is 2.27. The molecule has 4 rings (SSSR count). The molecule has 0 spiro atoms. The Hall–Kier alpha value is -5.27. The molecule has 2 aromatic carbocycles. The zero-order valence-electron chi connectivity index (χ0n) is 21.7. The van der Waals surface area contributed by atoms with Gasteiger partial charge in [-0.2, -0.15) is 0 Å². The van der Waals surface area contributed by atoms with E-state index >= 15 is 0 Å². The lowest BCUT2D eigenvalue weighted by Gasteiger charge is -2.11. The summed E-state index contributed by atoms with van der Waals surface area (Å²) >= 11 is 0. The van der Waals surface area contributed by atoms with Gasteiger partial charge in [-0.1, -0.05) is 6.07 Å². The number of anilines is 2. The van der Waals surface area contributed by atoms with Gasteiger partial charge in [-0.05, 0) is 60.5 Å². The second-order valence-electron chi connectivity index (χ2n) is 8.80. The number of hydrogen-bond acceptors (Lipinski definition) is 7. The van der Waals surface area contributed by atoms with Crippen LogP contribution < -0.4 is 31.9 Å². The Morgan fingerprint density at radius 3 is 2.56 bits per heavy atom. The fourth-order valence-electron chi connectivity index (χ4n) is 3.73. The number of amides is 4. The fourth-order valence-corrected chi connectivity index (χ4v) is 3.73. The van der Waals surface area contributed by atoms with Gasteiger partial charge in [0.1, 0.15) is 17.3 Å². The first-order valence-electron chi connectivity index (χ1n) is 12.5. The number of hydrogen-bond donors (Lipinski definition) is 7. The molecule has 0 unspecified atom stereocenters. The quantitative estimate of drug-likeness (QED) is 0.0816. The third kappa shape index (κ3) is 8.11. The largest absolute Gasteiger partial charge is 0.457 e. The van der Waals surface area contributed by atoms with Crippen molar-refractivity contribution in [3.05, 3.63) is 90.0 Å². The van der Waals surface area contributed by atoms with Gasteiger partial charge in [0.2, 0.25) is 5.91 Å². The van der Waals surface area contributed by atoms with Gasteiger partial charge in [0.05, 0.1) is 22.6 Å². The summed E-state index contributed by atoms with van der Waals surface area (Å²) in [4.78, 5) is 43.1. The van der Waals surface area contributed by atoms with Crippen molar-refractivity contribution in [3.63, 3.8) is 0 Å². The Labute approximate surface area is 234 Å². The summed E-state index contributed by atoms with van der Waals surface area (Å²) in [6, 6.07) is 15.3. The first-order chi connectivity index (χ1) is 19.8. The molecule has 0 radical (unpaired) electrons. The predicted molar refractivity (Wildman–Crippen MR) is 149 cm³/mol. The van der Waals surface area contributed by atoms with Crippen molar-refractivity contribution in [2.24, 2.45) is 5.73 Å². The van der Waals surface area contributed by atoms with Crippen LogP contribution in [0.3, 0.4) is 0 Å². The summed E-state index contributed by atoms with van der Waals surface area (Å²) in [5.74, 6) is -0.419. The summed E-state index contributed by atoms with van der Waals surface area (Å²) in [5.41, 5.74) is 9.82. The molecular formula is C28H28FN7O5. The Kier molecular flexibility index (Phi) is 9.59. The van der Waals surface area contributed by atoms with E-state index in [0.29, 0.717) is 46.1 Å². The molecule has 2 aromatic heterocycles. The van der Waals surface area contributed by atoms with Crippen LogP contribution in [-0.4, -0.2) is 39.6 Å². The lowest BCUT2D eigenvalue weighted by Crippen LogP contribution is -2.26. The van der Waals surface area contributed by atoms with Gasteiger partial charge in [0, 0.05) is 43.7 Å². The normalized spacial score (nSPS) is 10.5. The predicted octanol–water partition coefficient (Wildman–Crippen LogP) is 4.13. The van der Waals surface area contributed by atoms with Crippen LogP contribution in [0, 0.1) is 5.82 Å². The number of aromatic nitrogens is 2. The molecule has 4 amide bonds. The molecule has 0 saturated heterocycles. The van der Waals surface area contributed by atoms with Gasteiger partial charge in [-0.15, -0.1) is 0 Å². The topological polar surface area (TPSA) is 183 Å². The smallest absolute Gasteiger partial charge is 0.323 e. The number of benzene rings is 2. The van der Waals surface area contributed by atoms with E-state index in [-0.39, 0.29) is 31.1 Å². The van der Waals surface area contributed by atoms with Gasteiger partial charge < -0.3 is 31.4 Å². The standard InChI is InChI=1S/C28H28FN7O5/c29-22-8-3-17(15-30)12-23(22)35-28(39)34-19-4-6-20(7-5-19)41-21-9-11-31-25(14-21)24-13-18(16-33-24)27(38)32-10-1-2-26(37)36-40/h3-9,11-14,16,33,40H,1-2,10,15,30H2,(H,32,38)(H,36,37)(H2,34,35,39). The molecule has 0 aliphatic rings. The Balaban J connectivity index is 1.32. The second kappa shape index (κ2) is 13.7. The van der Waals surface area contributed by atoms with Crippen LogP contribution in [0.5, 0.6) is 11.5 Å². The minimum Gasteiger partial charge on any atom is -0.457 e. The Morgan fingerprint density at radius 2 is 1.80 bits per heavy atom. The number of nitrogens with zero attached hydrogens (tertiary/aromatic N) is 1. The first kappa shape index (κ1) is 28.7. The number of halogens is 1. The third-order valence-electron chi connectivity index (χ3n) is 5.81. The number of pyridine rings is 1. The van der Waals surface area contributed by atoms with Crippen LogP contribution in [0.15, 0.2) is 73.1 Å². The summed E-state index contributed by atoms with van der Waals surface area (Å²) in [5, 5.41) is 16.3. The number of carbonyl (C=O) groups is 3. The first-order valence-corrected chi connectivity index (χ1v) is 12.5. The molecule has 2 heterocycles. The van der Waals surface area contributed by atoms with Gasteiger partial charge in [0.25, 0.3) is 5.91 Å². The minimum absolute atomic E-state index is 0.0263. The van der Waals surface area contributed by atoms with E-state index in [1.165, 1.54) is 12.1 Å². The van der Waals surface area contributed by atoms with E-state index in [1.807, 2.05) is 0 Å². The summed E-state index contributed by atoms with van der Waals surface area (Å²) in [6.45, 7) is 0.491. The van der Waals surface area contributed by atoms with Crippen LogP contribution in [-0.2, 0) is 11.3 Å². The number of nitrogens with one attached hydrogen (secondary N) is 5. The molecule has 4 aromatic rings. The fraction of sp³-hybridized carbons (Fsp3) is 0.143. The molecule has 12 nitrogen and oxygen atoms in total. The maximum atomic E-state index is 14.0. The maximum absolute atomic E-state index is 14.0. The highest BCUT2D eigenvalue weighted by Gasteiger charge is 2.12. The van der Waals surface area contributed by atoms with Crippen LogP contribution in [0.4, 0.5) is 20.6 Å². The van der Waals surface area contributed by atoms with Crippen LogP contribution in [0.2, 0.25) is 0 Å². The lowest BCUT2D eigenvalue weighted by atomic mass is 10.2. The van der Waals surface area contributed by atoms with Crippen molar-refractivity contribution in [1.82, 2.24) is 20.8 Å². The Morgan fingerprint density at radius 1 is 1.00 bits per heavy atom. The average Bonchev–Trinajstić information content (AvgIpc) is 3.48. The van der Waals surface area contributed by atoms with E-state index < -0.39 is 17.8 Å². The molecule has 0 bridgehead atoms. The molecule has 212 valence electrons. The zero-order chi connectivity index (χ0) is 29.2. The summed E-state index contributed by atoms with van der Waals surface area (Å²) in [6.07, 6.45) is 3.58. The number of H-pyrrole nitrogens is 1. The van der Waals surface area contributed by atoms with Crippen LogP contribution in [0.25, 0.3) is 11.4 Å². The number of ether oxygens (including phenoxy) is 1. The monoisotopic (exact) mass is 561 g/mol. The van der Waals surface area contributed by atoms with E-state index in [2.05, 4.69) is 25.9 Å². The molecular weight excluding hydrogens is 533 g/mol. The number of urea groups is 1. The number of carbonyl (C=O) groups excluding carboxylic acids is 3. The van der Waals surface area contributed by atoms with Gasteiger partial charge in [-0.3, -0.25) is 19.8 Å². The lowest BCUT2D eigenvalue weighted by molar-refractivity contribution is -0.129. The molecule has 0 aliphatic carbocycles. The SMILES string of the molecule is NCc1ccc(F)c(NC(=O)Nc2ccc(Oc3ccnc(-c4cc(C(=O)NCCCC(=O)NO)c[nH]4)c3)cc2)c1. The Bertz CT molecular complexity index is 1520. The van der Waals surface area contributed by atoms with E-state index in [1.54, 1.807) is 66.4 Å². The van der Waals surface area contributed by atoms with E-state index in [4.69, 9.17) is 15.7 Å². The maximum Gasteiger partial charge on any atom is 0.323 e. The van der Waals surface area contributed by atoms with Crippen LogP contribution in [0.1, 0.15) is 28.8 Å². The highest BCUT2D eigenvalue weighted by atomic mass is 19.1. The number of aromatic amines is 1. The van der Waals surface area contributed by atoms with Crippen molar-refractivity contribution in [2.75, 3.05) is 17.2 Å². The van der Waals surface area contributed by atoms with Crippen molar-refractivity contribution < 1.29 is 28.7 Å². The van der Waals surface area contributed by atoms with Crippen LogP contribution >= 0.6 is 0 Å². The van der Waals surface area contributed by atoms with E-state index in [0.717, 1.165) is 0 Å². The average molecular weight is 562 g/mol. The molecule has 0 saturated carbocycles. The summed E-state index contributed by atoms with van der Waals surface area (Å²) < 4.78 is 19.9. The summed E-state index contributed by atoms with van der Waals surface area (Å²) in [7, 11) is 0. The number of nitrogens with two attached hydrogens (primary N) is 1. The van der Waals surface area contributed by atoms with E-state index in [9.17, 15) is 18.8 Å². The van der Waals surface area contributed by atoms with Crippen molar-refractivity contribution >= 4 is 29.2 Å². The molecule has 13 heteroatoms. The van der Waals surface area contributed by atoms with Gasteiger partial charge in [0.15, 0.2) is 0 Å². The second-order valence-corrected chi connectivity index (χ2v) is 8.80. The number of rotatable bonds is 11. The highest BCUT2D eigenvalue weighted by molar-refractivity contribution is 6.00. The van der Waals surface area contributed by atoms with Gasteiger partial charge >= 0.3 is 6.03 Å². The molecule has 0 atom stereocenters. The number of hydroxylamine groups is 1. The third-order valence-corrected chi connectivity index (χ3v) is 5.81. The van der Waals surface area contributed by atoms with Gasteiger partial charge in [-0.25, -0.2) is 14.7 Å². The molecule has 41 heavy (non-hydrogen) atoms. The molecule has 0 fully saturated rings.